The molecule has 0 unspecified atom stereocenters. The van der Waals surface area contributed by atoms with Gasteiger partial charge in [-0.15, -0.1) is 0 Å². The molecular formula is C18H26N2O2. The van der Waals surface area contributed by atoms with E-state index in [1.807, 2.05) is 0 Å². The number of hydrogen-bond donors (Lipinski definition) is 1. The van der Waals surface area contributed by atoms with E-state index in [1.165, 1.54) is 5.56 Å². The Labute approximate surface area is 132 Å². The standard InChI is InChI=1S/C18H26N2O2/c21-18(22)16-6-8-17(9-7-16)20-12-10-19(11-13-20)14-15-4-2-1-3-5-15/h1-5,16-17H,6-14H2,(H,21,22). The first-order valence-corrected chi connectivity index (χ1v) is 8.45. The van der Waals surface area contributed by atoms with E-state index in [1.54, 1.807) is 0 Å². The highest BCUT2D eigenvalue weighted by molar-refractivity contribution is 5.70. The van der Waals surface area contributed by atoms with Gasteiger partial charge in [0.25, 0.3) is 0 Å². The van der Waals surface area contributed by atoms with Gasteiger partial charge in [-0.3, -0.25) is 14.6 Å². The van der Waals surface area contributed by atoms with E-state index in [4.69, 9.17) is 5.11 Å². The van der Waals surface area contributed by atoms with Gasteiger partial charge in [-0.25, -0.2) is 0 Å². The number of rotatable bonds is 4. The lowest BCUT2D eigenvalue weighted by Crippen LogP contribution is -2.51. The van der Waals surface area contributed by atoms with Crippen LogP contribution >= 0.6 is 0 Å². The molecule has 1 saturated carbocycles. The second-order valence-corrected chi connectivity index (χ2v) is 6.64. The average Bonchev–Trinajstić information content (AvgIpc) is 2.57. The van der Waals surface area contributed by atoms with Gasteiger partial charge in [0.2, 0.25) is 0 Å². The zero-order valence-electron chi connectivity index (χ0n) is 13.2. The van der Waals surface area contributed by atoms with Gasteiger partial charge in [-0.1, -0.05) is 30.3 Å². The minimum Gasteiger partial charge on any atom is -0.481 e. The lowest BCUT2D eigenvalue weighted by atomic mass is 9.85. The quantitative estimate of drug-likeness (QED) is 0.928. The average molecular weight is 302 g/mol. The van der Waals surface area contributed by atoms with Crippen LogP contribution in [0.1, 0.15) is 31.2 Å². The highest BCUT2D eigenvalue weighted by Crippen LogP contribution is 2.28. The maximum absolute atomic E-state index is 11.0. The van der Waals surface area contributed by atoms with Crippen molar-refractivity contribution >= 4 is 5.97 Å². The first kappa shape index (κ1) is 15.5. The molecule has 2 fully saturated rings. The number of piperazine rings is 1. The summed E-state index contributed by atoms with van der Waals surface area (Å²) < 4.78 is 0. The fourth-order valence-corrected chi connectivity index (χ4v) is 3.82. The van der Waals surface area contributed by atoms with Crippen molar-refractivity contribution in [3.8, 4) is 0 Å². The molecule has 4 nitrogen and oxygen atoms in total. The Hall–Kier alpha value is -1.39. The van der Waals surface area contributed by atoms with E-state index >= 15 is 0 Å². The van der Waals surface area contributed by atoms with Crippen molar-refractivity contribution in [2.75, 3.05) is 26.2 Å². The number of nitrogens with zero attached hydrogens (tertiary/aromatic N) is 2. The molecule has 1 heterocycles. The molecule has 0 aromatic heterocycles. The lowest BCUT2D eigenvalue weighted by molar-refractivity contribution is -0.143. The van der Waals surface area contributed by atoms with Crippen molar-refractivity contribution in [2.45, 2.75) is 38.3 Å². The minimum atomic E-state index is -0.605. The normalized spacial score (nSPS) is 27.6. The summed E-state index contributed by atoms with van der Waals surface area (Å²) in [7, 11) is 0. The van der Waals surface area contributed by atoms with Crippen LogP contribution in [-0.2, 0) is 11.3 Å². The summed E-state index contributed by atoms with van der Waals surface area (Å²) in [6.45, 7) is 5.52. The van der Waals surface area contributed by atoms with E-state index in [0.29, 0.717) is 6.04 Å². The van der Waals surface area contributed by atoms with Gasteiger partial charge in [0.15, 0.2) is 0 Å². The maximum atomic E-state index is 11.0. The number of carboxylic acid groups (broad SMARTS) is 1. The Morgan fingerprint density at radius 1 is 1.00 bits per heavy atom. The van der Waals surface area contributed by atoms with Gasteiger partial charge in [0.1, 0.15) is 0 Å². The Morgan fingerprint density at radius 2 is 1.64 bits per heavy atom. The highest BCUT2D eigenvalue weighted by atomic mass is 16.4. The first-order valence-electron chi connectivity index (χ1n) is 8.45. The van der Waals surface area contributed by atoms with Gasteiger partial charge >= 0.3 is 5.97 Å². The number of carbonyl (C=O) groups is 1. The molecule has 22 heavy (non-hydrogen) atoms. The first-order chi connectivity index (χ1) is 10.7. The summed E-state index contributed by atoms with van der Waals surface area (Å²) in [6.07, 6.45) is 3.81. The molecule has 0 bridgehead atoms. The summed E-state index contributed by atoms with van der Waals surface area (Å²) in [6, 6.07) is 11.3. The van der Waals surface area contributed by atoms with Crippen molar-refractivity contribution in [1.29, 1.82) is 0 Å². The second-order valence-electron chi connectivity index (χ2n) is 6.64. The van der Waals surface area contributed by atoms with Crippen LogP contribution in [0.2, 0.25) is 0 Å². The molecule has 0 atom stereocenters. The third kappa shape index (κ3) is 3.87. The lowest BCUT2D eigenvalue weighted by Gasteiger charge is -2.41. The molecule has 1 N–H and O–H groups in total. The topological polar surface area (TPSA) is 43.8 Å². The maximum Gasteiger partial charge on any atom is 0.306 e. The smallest absolute Gasteiger partial charge is 0.306 e. The van der Waals surface area contributed by atoms with Crippen LogP contribution < -0.4 is 0 Å². The molecule has 2 aliphatic rings. The highest BCUT2D eigenvalue weighted by Gasteiger charge is 2.30. The van der Waals surface area contributed by atoms with Crippen molar-refractivity contribution in [3.05, 3.63) is 35.9 Å². The molecule has 1 aromatic carbocycles. The largest absolute Gasteiger partial charge is 0.481 e. The number of carboxylic acids is 1. The van der Waals surface area contributed by atoms with E-state index in [0.717, 1.165) is 58.4 Å². The number of hydrogen-bond acceptors (Lipinski definition) is 3. The molecule has 1 aliphatic carbocycles. The molecule has 0 amide bonds. The zero-order chi connectivity index (χ0) is 15.4. The third-order valence-electron chi connectivity index (χ3n) is 5.22. The van der Waals surface area contributed by atoms with Crippen molar-refractivity contribution in [2.24, 2.45) is 5.92 Å². The Bertz CT molecular complexity index is 475. The van der Waals surface area contributed by atoms with Gasteiger partial charge in [-0.05, 0) is 31.2 Å². The van der Waals surface area contributed by atoms with Gasteiger partial charge in [-0.2, -0.15) is 0 Å². The van der Waals surface area contributed by atoms with Crippen LogP contribution in [0.15, 0.2) is 30.3 Å². The van der Waals surface area contributed by atoms with E-state index in [2.05, 4.69) is 40.1 Å². The van der Waals surface area contributed by atoms with Crippen LogP contribution in [0.3, 0.4) is 0 Å². The fourth-order valence-electron chi connectivity index (χ4n) is 3.82. The Kier molecular flexibility index (Phi) is 5.11. The zero-order valence-corrected chi connectivity index (χ0v) is 13.2. The van der Waals surface area contributed by atoms with Crippen LogP contribution in [0.5, 0.6) is 0 Å². The molecule has 1 saturated heterocycles. The molecular weight excluding hydrogens is 276 g/mol. The summed E-state index contributed by atoms with van der Waals surface area (Å²) in [5, 5.41) is 9.09. The number of benzene rings is 1. The molecule has 120 valence electrons. The van der Waals surface area contributed by atoms with E-state index in [-0.39, 0.29) is 5.92 Å². The Morgan fingerprint density at radius 3 is 2.23 bits per heavy atom. The molecule has 1 aliphatic heterocycles. The summed E-state index contributed by atoms with van der Waals surface area (Å²) >= 11 is 0. The van der Waals surface area contributed by atoms with Crippen LogP contribution in [0.4, 0.5) is 0 Å². The van der Waals surface area contributed by atoms with Crippen molar-refractivity contribution in [3.63, 3.8) is 0 Å². The van der Waals surface area contributed by atoms with Crippen molar-refractivity contribution < 1.29 is 9.90 Å². The molecule has 1 aromatic rings. The van der Waals surface area contributed by atoms with Crippen LogP contribution in [0, 0.1) is 5.92 Å². The summed E-state index contributed by atoms with van der Waals surface area (Å²) in [5.41, 5.74) is 1.39. The molecule has 0 spiro atoms. The van der Waals surface area contributed by atoms with Gasteiger partial charge in [0, 0.05) is 38.8 Å². The number of aliphatic carboxylic acids is 1. The van der Waals surface area contributed by atoms with E-state index < -0.39 is 5.97 Å². The molecule has 3 rings (SSSR count). The molecule has 4 heteroatoms. The SMILES string of the molecule is O=C(O)C1CCC(N2CCN(Cc3ccccc3)CC2)CC1. The van der Waals surface area contributed by atoms with Crippen molar-refractivity contribution in [1.82, 2.24) is 9.80 Å². The van der Waals surface area contributed by atoms with Crippen LogP contribution in [0.25, 0.3) is 0 Å². The predicted octanol–water partition coefficient (Wildman–Crippen LogP) is 2.45. The minimum absolute atomic E-state index is 0.101. The third-order valence-corrected chi connectivity index (χ3v) is 5.22. The molecule has 0 radical (unpaired) electrons. The fraction of sp³-hybridized carbons (Fsp3) is 0.611. The van der Waals surface area contributed by atoms with Crippen LogP contribution in [-0.4, -0.2) is 53.1 Å². The second kappa shape index (κ2) is 7.25. The monoisotopic (exact) mass is 302 g/mol. The Balaban J connectivity index is 1.43. The predicted molar refractivity (Wildman–Crippen MR) is 86.7 cm³/mol. The van der Waals surface area contributed by atoms with E-state index in [9.17, 15) is 4.79 Å². The van der Waals surface area contributed by atoms with Gasteiger partial charge in [0.05, 0.1) is 5.92 Å². The summed E-state index contributed by atoms with van der Waals surface area (Å²) in [4.78, 5) is 16.1. The van der Waals surface area contributed by atoms with Gasteiger partial charge < -0.3 is 5.11 Å². The summed E-state index contributed by atoms with van der Waals surface area (Å²) in [5.74, 6) is -0.707.